The van der Waals surface area contributed by atoms with E-state index in [9.17, 15) is 24.3 Å². The summed E-state index contributed by atoms with van der Waals surface area (Å²) < 4.78 is 0. The summed E-state index contributed by atoms with van der Waals surface area (Å²) in [6, 6.07) is -2.51. The zero-order chi connectivity index (χ0) is 19.1. The van der Waals surface area contributed by atoms with E-state index in [1.54, 1.807) is 0 Å². The molecule has 0 aromatic heterocycles. The van der Waals surface area contributed by atoms with Gasteiger partial charge in [0.2, 0.25) is 17.7 Å². The maximum atomic E-state index is 12.5. The van der Waals surface area contributed by atoms with Gasteiger partial charge in [-0.3, -0.25) is 14.4 Å². The summed E-state index contributed by atoms with van der Waals surface area (Å²) in [6.45, 7) is 5.44. The average molecular weight is 356 g/mol. The Morgan fingerprint density at radius 3 is 2.36 bits per heavy atom. The fraction of sp³-hybridized carbons (Fsp3) is 0.750. The zero-order valence-corrected chi connectivity index (χ0v) is 14.9. The molecule has 3 unspecified atom stereocenters. The average Bonchev–Trinajstić information content (AvgIpc) is 3.02. The van der Waals surface area contributed by atoms with Gasteiger partial charge in [0.1, 0.15) is 18.1 Å². The van der Waals surface area contributed by atoms with E-state index in [-0.39, 0.29) is 18.4 Å². The van der Waals surface area contributed by atoms with E-state index in [0.29, 0.717) is 25.8 Å². The van der Waals surface area contributed by atoms with Crippen molar-refractivity contribution >= 4 is 23.7 Å². The van der Waals surface area contributed by atoms with E-state index >= 15 is 0 Å². The number of nitrogens with zero attached hydrogens (tertiary/aromatic N) is 1. The Balaban J connectivity index is 2.75. The number of carbonyl (C=O) groups is 4. The minimum absolute atomic E-state index is 0.106. The second-order valence-corrected chi connectivity index (χ2v) is 6.71. The monoisotopic (exact) mass is 356 g/mol. The van der Waals surface area contributed by atoms with E-state index in [0.717, 1.165) is 0 Å². The molecule has 9 nitrogen and oxygen atoms in total. The number of nitrogens with two attached hydrogens (primary N) is 1. The number of carbonyl (C=O) groups excluding carboxylic acids is 3. The Morgan fingerprint density at radius 1 is 1.20 bits per heavy atom. The Kier molecular flexibility index (Phi) is 7.82. The van der Waals surface area contributed by atoms with Crippen molar-refractivity contribution in [2.24, 2.45) is 11.7 Å². The first-order chi connectivity index (χ1) is 11.7. The summed E-state index contributed by atoms with van der Waals surface area (Å²) >= 11 is 0. The number of hydrogen-bond acceptors (Lipinski definition) is 5. The molecule has 1 fully saturated rings. The topological polar surface area (TPSA) is 142 Å². The van der Waals surface area contributed by atoms with E-state index in [2.05, 4.69) is 10.6 Å². The zero-order valence-electron chi connectivity index (χ0n) is 14.9. The molecule has 0 bridgehead atoms. The SMILES string of the molecule is CC(C)CC(NC(=O)C1CCCN1C(=O)C(C)NC(=O)CN)C(=O)O. The number of likely N-dealkylation sites (tertiary alicyclic amines) is 1. The minimum Gasteiger partial charge on any atom is -0.480 e. The first-order valence-electron chi connectivity index (χ1n) is 8.50. The quantitative estimate of drug-likeness (QED) is 0.442. The minimum atomic E-state index is -1.10. The van der Waals surface area contributed by atoms with Gasteiger partial charge in [-0.1, -0.05) is 13.8 Å². The van der Waals surface area contributed by atoms with Gasteiger partial charge in [-0.25, -0.2) is 4.79 Å². The summed E-state index contributed by atoms with van der Waals surface area (Å²) in [5.74, 6) is -2.30. The first-order valence-corrected chi connectivity index (χ1v) is 8.50. The number of aliphatic carboxylic acids is 1. The number of carboxylic acids is 1. The second kappa shape index (κ2) is 9.36. The summed E-state index contributed by atoms with van der Waals surface area (Å²) in [7, 11) is 0. The van der Waals surface area contributed by atoms with E-state index < -0.39 is 35.9 Å². The predicted molar refractivity (Wildman–Crippen MR) is 90.4 cm³/mol. The van der Waals surface area contributed by atoms with Gasteiger partial charge in [-0.05, 0) is 32.1 Å². The van der Waals surface area contributed by atoms with Crippen LogP contribution in [0.5, 0.6) is 0 Å². The summed E-state index contributed by atoms with van der Waals surface area (Å²) in [6.07, 6.45) is 1.41. The molecule has 1 aliphatic heterocycles. The lowest BCUT2D eigenvalue weighted by atomic mass is 10.0. The van der Waals surface area contributed by atoms with Crippen LogP contribution in [0.25, 0.3) is 0 Å². The molecule has 0 radical (unpaired) electrons. The van der Waals surface area contributed by atoms with Crippen LogP contribution in [-0.4, -0.2) is 64.9 Å². The number of hydrogen-bond donors (Lipinski definition) is 4. The molecule has 3 amide bonds. The van der Waals surface area contributed by atoms with Gasteiger partial charge in [0.05, 0.1) is 6.54 Å². The molecular weight excluding hydrogens is 328 g/mol. The molecular formula is C16H28N4O5. The van der Waals surface area contributed by atoms with E-state index in [4.69, 9.17) is 5.73 Å². The number of rotatable bonds is 8. The smallest absolute Gasteiger partial charge is 0.326 e. The van der Waals surface area contributed by atoms with Crippen LogP contribution in [-0.2, 0) is 19.2 Å². The van der Waals surface area contributed by atoms with Crippen LogP contribution in [0.3, 0.4) is 0 Å². The van der Waals surface area contributed by atoms with Crippen molar-refractivity contribution in [1.29, 1.82) is 0 Å². The highest BCUT2D eigenvalue weighted by Crippen LogP contribution is 2.19. The van der Waals surface area contributed by atoms with Crippen LogP contribution >= 0.6 is 0 Å². The molecule has 1 aliphatic rings. The van der Waals surface area contributed by atoms with Gasteiger partial charge in [-0.2, -0.15) is 0 Å². The van der Waals surface area contributed by atoms with Crippen LogP contribution in [0.15, 0.2) is 0 Å². The molecule has 0 aromatic rings. The van der Waals surface area contributed by atoms with Gasteiger partial charge in [0.15, 0.2) is 0 Å². The van der Waals surface area contributed by atoms with Crippen LogP contribution in [0, 0.1) is 5.92 Å². The van der Waals surface area contributed by atoms with Gasteiger partial charge < -0.3 is 26.4 Å². The molecule has 0 spiro atoms. The summed E-state index contributed by atoms with van der Waals surface area (Å²) in [5, 5.41) is 14.2. The van der Waals surface area contributed by atoms with Crippen LogP contribution in [0.4, 0.5) is 0 Å². The molecule has 1 heterocycles. The maximum Gasteiger partial charge on any atom is 0.326 e. The lowest BCUT2D eigenvalue weighted by Crippen LogP contribution is -2.55. The number of nitrogens with one attached hydrogen (secondary N) is 2. The Bertz CT molecular complexity index is 523. The van der Waals surface area contributed by atoms with Gasteiger partial charge in [0, 0.05) is 6.54 Å². The molecule has 1 saturated heterocycles. The van der Waals surface area contributed by atoms with Gasteiger partial charge >= 0.3 is 5.97 Å². The second-order valence-electron chi connectivity index (χ2n) is 6.71. The highest BCUT2D eigenvalue weighted by atomic mass is 16.4. The van der Waals surface area contributed by atoms with Crippen molar-refractivity contribution in [3.63, 3.8) is 0 Å². The molecule has 1 rings (SSSR count). The molecule has 9 heteroatoms. The predicted octanol–water partition coefficient (Wildman–Crippen LogP) is -0.944. The van der Waals surface area contributed by atoms with Gasteiger partial charge in [0.25, 0.3) is 0 Å². The molecule has 5 N–H and O–H groups in total. The third-order valence-electron chi connectivity index (χ3n) is 4.09. The van der Waals surface area contributed by atoms with Crippen molar-refractivity contribution in [2.75, 3.05) is 13.1 Å². The van der Waals surface area contributed by atoms with Crippen molar-refractivity contribution in [2.45, 2.75) is 58.2 Å². The lowest BCUT2D eigenvalue weighted by Gasteiger charge is -2.28. The fourth-order valence-corrected chi connectivity index (χ4v) is 2.87. The Hall–Kier alpha value is -2.16. The normalized spacial score (nSPS) is 19.4. The maximum absolute atomic E-state index is 12.5. The largest absolute Gasteiger partial charge is 0.480 e. The first kappa shape index (κ1) is 20.9. The summed E-state index contributed by atoms with van der Waals surface area (Å²) in [5.41, 5.74) is 5.22. The molecule has 142 valence electrons. The third-order valence-corrected chi connectivity index (χ3v) is 4.09. The van der Waals surface area contributed by atoms with Crippen LogP contribution in [0.1, 0.15) is 40.0 Å². The van der Waals surface area contributed by atoms with Crippen molar-refractivity contribution in [1.82, 2.24) is 15.5 Å². The van der Waals surface area contributed by atoms with Crippen molar-refractivity contribution < 1.29 is 24.3 Å². The molecule has 25 heavy (non-hydrogen) atoms. The van der Waals surface area contributed by atoms with E-state index in [1.807, 2.05) is 13.8 Å². The molecule has 3 atom stereocenters. The van der Waals surface area contributed by atoms with Crippen LogP contribution in [0.2, 0.25) is 0 Å². The number of amides is 3. The van der Waals surface area contributed by atoms with E-state index in [1.165, 1.54) is 11.8 Å². The van der Waals surface area contributed by atoms with Crippen molar-refractivity contribution in [3.05, 3.63) is 0 Å². The standard InChI is InChI=1S/C16H28N4O5/c1-9(2)7-11(16(24)25)19-14(22)12-5-4-6-20(12)15(23)10(3)18-13(21)8-17/h9-12H,4-8,17H2,1-3H3,(H,18,21)(H,19,22)(H,24,25). The van der Waals surface area contributed by atoms with Crippen LogP contribution < -0.4 is 16.4 Å². The highest BCUT2D eigenvalue weighted by molar-refractivity contribution is 5.93. The Labute approximate surface area is 147 Å². The molecule has 0 aliphatic carbocycles. The van der Waals surface area contributed by atoms with Gasteiger partial charge in [-0.15, -0.1) is 0 Å². The fourth-order valence-electron chi connectivity index (χ4n) is 2.87. The third kappa shape index (κ3) is 6.00. The molecule has 0 aromatic carbocycles. The summed E-state index contributed by atoms with van der Waals surface area (Å²) in [4.78, 5) is 49.0. The highest BCUT2D eigenvalue weighted by Gasteiger charge is 2.37. The van der Waals surface area contributed by atoms with Crippen molar-refractivity contribution in [3.8, 4) is 0 Å². The molecule has 0 saturated carbocycles. The lowest BCUT2D eigenvalue weighted by molar-refractivity contribution is -0.145. The number of carboxylic acid groups (broad SMARTS) is 1. The Morgan fingerprint density at radius 2 is 1.84 bits per heavy atom.